The second kappa shape index (κ2) is 12.6. The predicted octanol–water partition coefficient (Wildman–Crippen LogP) is 4.66. The molecule has 0 fully saturated rings. The minimum absolute atomic E-state index is 0.183. The van der Waals surface area contributed by atoms with E-state index in [0.29, 0.717) is 12.8 Å². The van der Waals surface area contributed by atoms with Crippen LogP contribution in [0, 0.1) is 0 Å². The maximum absolute atomic E-state index is 12.4. The third kappa shape index (κ3) is 9.78. The van der Waals surface area contributed by atoms with Crippen LogP contribution in [-0.4, -0.2) is 35.5 Å². The van der Waals surface area contributed by atoms with Gasteiger partial charge in [-0.05, 0) is 50.3 Å². The molecule has 0 heterocycles. The number of nitrogens with one attached hydrogen (secondary N) is 2. The van der Waals surface area contributed by atoms with Crippen molar-refractivity contribution in [2.45, 2.75) is 57.9 Å². The van der Waals surface area contributed by atoms with Gasteiger partial charge in [0.05, 0.1) is 18.7 Å². The SMILES string of the molecule is C=CCC(NC(=O)OCc1ccccc1)c1cccc(CC(CO)NC(=O)OC(C)(C)C)c1. The molecule has 0 saturated heterocycles. The van der Waals surface area contributed by atoms with Gasteiger partial charge in [0.15, 0.2) is 0 Å². The summed E-state index contributed by atoms with van der Waals surface area (Å²) in [7, 11) is 0. The van der Waals surface area contributed by atoms with Crippen LogP contribution in [0.25, 0.3) is 0 Å². The lowest BCUT2D eigenvalue weighted by Gasteiger charge is -2.23. The molecule has 0 aliphatic carbocycles. The van der Waals surface area contributed by atoms with Crippen LogP contribution in [0.5, 0.6) is 0 Å². The van der Waals surface area contributed by atoms with Crippen molar-refractivity contribution in [3.05, 3.63) is 83.9 Å². The maximum Gasteiger partial charge on any atom is 0.407 e. The lowest BCUT2D eigenvalue weighted by atomic mass is 9.98. The van der Waals surface area contributed by atoms with Gasteiger partial charge in [-0.3, -0.25) is 0 Å². The summed E-state index contributed by atoms with van der Waals surface area (Å²) < 4.78 is 10.6. The number of carbonyl (C=O) groups excluding carboxylic acids is 2. The topological polar surface area (TPSA) is 96.9 Å². The number of hydrogen-bond donors (Lipinski definition) is 3. The van der Waals surface area contributed by atoms with E-state index in [1.165, 1.54) is 0 Å². The fourth-order valence-corrected chi connectivity index (χ4v) is 3.21. The normalized spacial score (nSPS) is 12.8. The summed E-state index contributed by atoms with van der Waals surface area (Å²) in [5.41, 5.74) is 2.06. The molecule has 0 saturated carbocycles. The average Bonchev–Trinajstić information content (AvgIpc) is 2.76. The Kier molecular flexibility index (Phi) is 9.94. The molecular weight excluding hydrogens is 420 g/mol. The van der Waals surface area contributed by atoms with Gasteiger partial charge in [0.25, 0.3) is 0 Å². The van der Waals surface area contributed by atoms with Crippen molar-refractivity contribution in [2.24, 2.45) is 0 Å². The zero-order chi connectivity index (χ0) is 24.3. The molecule has 0 bridgehead atoms. The van der Waals surface area contributed by atoms with E-state index in [9.17, 15) is 14.7 Å². The molecule has 7 heteroatoms. The highest BCUT2D eigenvalue weighted by Gasteiger charge is 2.20. The lowest BCUT2D eigenvalue weighted by molar-refractivity contribution is 0.0482. The number of aliphatic hydroxyl groups excluding tert-OH is 1. The molecule has 0 spiro atoms. The molecule has 7 nitrogen and oxygen atoms in total. The van der Waals surface area contributed by atoms with E-state index >= 15 is 0 Å². The van der Waals surface area contributed by atoms with E-state index < -0.39 is 23.8 Å². The Morgan fingerprint density at radius 3 is 2.36 bits per heavy atom. The number of aliphatic hydroxyl groups is 1. The Labute approximate surface area is 195 Å². The van der Waals surface area contributed by atoms with Gasteiger partial charge in [0.2, 0.25) is 0 Å². The average molecular weight is 455 g/mol. The molecule has 33 heavy (non-hydrogen) atoms. The summed E-state index contributed by atoms with van der Waals surface area (Å²) in [4.78, 5) is 24.4. The monoisotopic (exact) mass is 454 g/mol. The van der Waals surface area contributed by atoms with E-state index in [1.54, 1.807) is 26.8 Å². The largest absolute Gasteiger partial charge is 0.445 e. The minimum atomic E-state index is -0.622. The van der Waals surface area contributed by atoms with E-state index in [0.717, 1.165) is 16.7 Å². The van der Waals surface area contributed by atoms with Gasteiger partial charge in [-0.2, -0.15) is 0 Å². The van der Waals surface area contributed by atoms with E-state index in [1.807, 2.05) is 54.6 Å². The number of alkyl carbamates (subject to hydrolysis) is 2. The maximum atomic E-state index is 12.4. The molecule has 2 atom stereocenters. The molecular formula is C26H34N2O5. The van der Waals surface area contributed by atoms with Gasteiger partial charge in [0, 0.05) is 0 Å². The van der Waals surface area contributed by atoms with Crippen molar-refractivity contribution in [3.63, 3.8) is 0 Å². The fraction of sp³-hybridized carbons (Fsp3) is 0.385. The number of amides is 2. The molecule has 0 aromatic heterocycles. The van der Waals surface area contributed by atoms with Gasteiger partial charge in [-0.25, -0.2) is 9.59 Å². The summed E-state index contributed by atoms with van der Waals surface area (Å²) in [5.74, 6) is 0. The Balaban J connectivity index is 2.01. The van der Waals surface area contributed by atoms with Crippen LogP contribution in [0.4, 0.5) is 9.59 Å². The fourth-order valence-electron chi connectivity index (χ4n) is 3.21. The first-order chi connectivity index (χ1) is 15.7. The highest BCUT2D eigenvalue weighted by Crippen LogP contribution is 2.20. The molecule has 178 valence electrons. The van der Waals surface area contributed by atoms with Gasteiger partial charge in [-0.15, -0.1) is 6.58 Å². The third-order valence-electron chi connectivity index (χ3n) is 4.68. The van der Waals surface area contributed by atoms with E-state index in [4.69, 9.17) is 9.47 Å². The molecule has 2 unspecified atom stereocenters. The summed E-state index contributed by atoms with van der Waals surface area (Å²) in [5, 5.41) is 15.3. The second-order valence-electron chi connectivity index (χ2n) is 8.76. The number of hydrogen-bond acceptors (Lipinski definition) is 5. The Bertz CT molecular complexity index is 908. The highest BCUT2D eigenvalue weighted by molar-refractivity contribution is 5.68. The van der Waals surface area contributed by atoms with Crippen molar-refractivity contribution in [1.82, 2.24) is 10.6 Å². The zero-order valence-corrected chi connectivity index (χ0v) is 19.5. The zero-order valence-electron chi connectivity index (χ0n) is 19.5. The van der Waals surface area contributed by atoms with E-state index in [-0.39, 0.29) is 19.3 Å². The van der Waals surface area contributed by atoms with Crippen LogP contribution in [0.15, 0.2) is 67.3 Å². The van der Waals surface area contributed by atoms with Crippen molar-refractivity contribution >= 4 is 12.2 Å². The summed E-state index contributed by atoms with van der Waals surface area (Å²) in [6, 6.07) is 16.3. The number of benzene rings is 2. The van der Waals surface area contributed by atoms with Crippen LogP contribution in [0.2, 0.25) is 0 Å². The second-order valence-corrected chi connectivity index (χ2v) is 8.76. The summed E-state index contributed by atoms with van der Waals surface area (Å²) in [6.45, 7) is 9.07. The smallest absolute Gasteiger partial charge is 0.407 e. The van der Waals surface area contributed by atoms with Crippen LogP contribution < -0.4 is 10.6 Å². The molecule has 3 N–H and O–H groups in total. The van der Waals surface area contributed by atoms with Gasteiger partial charge in [0.1, 0.15) is 12.2 Å². The lowest BCUT2D eigenvalue weighted by Crippen LogP contribution is -2.42. The summed E-state index contributed by atoms with van der Waals surface area (Å²) >= 11 is 0. The highest BCUT2D eigenvalue weighted by atomic mass is 16.6. The number of carbonyl (C=O) groups is 2. The molecule has 0 radical (unpaired) electrons. The molecule has 0 aliphatic rings. The number of rotatable bonds is 10. The number of ether oxygens (including phenoxy) is 2. The molecule has 0 aliphatic heterocycles. The molecule has 2 aromatic rings. The van der Waals surface area contributed by atoms with Crippen molar-refractivity contribution in [3.8, 4) is 0 Å². The molecule has 2 aromatic carbocycles. The molecule has 2 amide bonds. The van der Waals surface area contributed by atoms with Crippen LogP contribution >= 0.6 is 0 Å². The Hall–Kier alpha value is -3.32. The Morgan fingerprint density at radius 1 is 1.03 bits per heavy atom. The van der Waals surface area contributed by atoms with Crippen molar-refractivity contribution in [1.29, 1.82) is 0 Å². The standard InChI is InChI=1S/C26H34N2O5/c1-5-10-23(28-24(30)32-18-19-11-7-6-8-12-19)21-14-9-13-20(15-21)16-22(17-29)27-25(31)33-26(2,3)4/h5-9,11-15,22-23,29H,1,10,16-18H2,2-4H3,(H,27,31)(H,28,30). The first kappa shape index (κ1) is 25.9. The van der Waals surface area contributed by atoms with Gasteiger partial charge >= 0.3 is 12.2 Å². The van der Waals surface area contributed by atoms with Gasteiger partial charge in [-0.1, -0.05) is 60.7 Å². The Morgan fingerprint density at radius 2 is 1.73 bits per heavy atom. The van der Waals surface area contributed by atoms with E-state index in [2.05, 4.69) is 17.2 Å². The van der Waals surface area contributed by atoms with Crippen molar-refractivity contribution < 1.29 is 24.2 Å². The molecule has 2 rings (SSSR count). The minimum Gasteiger partial charge on any atom is -0.445 e. The quantitative estimate of drug-likeness (QED) is 0.454. The van der Waals surface area contributed by atoms with Gasteiger partial charge < -0.3 is 25.2 Å². The van der Waals surface area contributed by atoms with Crippen LogP contribution in [0.3, 0.4) is 0 Å². The van der Waals surface area contributed by atoms with Crippen LogP contribution in [-0.2, 0) is 22.5 Å². The first-order valence-corrected chi connectivity index (χ1v) is 11.0. The van der Waals surface area contributed by atoms with Crippen LogP contribution in [0.1, 0.15) is 49.9 Å². The third-order valence-corrected chi connectivity index (χ3v) is 4.68. The predicted molar refractivity (Wildman–Crippen MR) is 128 cm³/mol. The summed E-state index contributed by atoms with van der Waals surface area (Å²) in [6.07, 6.45) is 1.56. The first-order valence-electron chi connectivity index (χ1n) is 11.0. The van der Waals surface area contributed by atoms with Crippen molar-refractivity contribution in [2.75, 3.05) is 6.61 Å².